The first-order valence-corrected chi connectivity index (χ1v) is 23.9. The number of carbonyl (C=O) groups excluding carboxylic acids is 3. The molecule has 16 heteroatoms. The van der Waals surface area contributed by atoms with E-state index in [2.05, 4.69) is 73.3 Å². The molecule has 0 bridgehead atoms. The molecule has 0 unspecified atom stereocenters. The number of esters is 3. The van der Waals surface area contributed by atoms with Gasteiger partial charge in [0.2, 0.25) is 0 Å². The highest BCUT2D eigenvalue weighted by molar-refractivity contribution is 14.1. The maximum Gasteiger partial charge on any atom is 0.416 e. The van der Waals surface area contributed by atoms with E-state index < -0.39 is 38.8 Å². The van der Waals surface area contributed by atoms with Crippen LogP contribution in [-0.4, -0.2) is 67.4 Å². The summed E-state index contributed by atoms with van der Waals surface area (Å²) >= 11 is 6.22. The summed E-state index contributed by atoms with van der Waals surface area (Å²) in [4.78, 5) is 36.8. The number of benzene rings is 3. The Hall–Kier alpha value is -2.14. The van der Waals surface area contributed by atoms with Crippen molar-refractivity contribution in [1.29, 1.82) is 0 Å². The summed E-state index contributed by atoms with van der Waals surface area (Å²) in [6.07, 6.45) is -0.229. The van der Waals surface area contributed by atoms with E-state index in [0.29, 0.717) is 44.3 Å². The van der Waals surface area contributed by atoms with E-state index in [4.69, 9.17) is 14.2 Å². The van der Waals surface area contributed by atoms with Crippen LogP contribution in [0.15, 0.2) is 78.9 Å². The van der Waals surface area contributed by atoms with Gasteiger partial charge in [0.15, 0.2) is 0 Å². The molecule has 0 amide bonds. The number of piperidine rings is 3. The number of nitrogens with one attached hydrogen (secondary N) is 3. The average molecular weight is 1210 g/mol. The molecule has 3 fully saturated rings. The lowest BCUT2D eigenvalue weighted by Crippen LogP contribution is -2.45. The number of carbonyl (C=O) groups is 3. The fourth-order valence-electron chi connectivity index (χ4n) is 7.20. The Morgan fingerprint density at radius 3 is 1.03 bits per heavy atom. The number of hydrogen-bond donors (Lipinski definition) is 3. The van der Waals surface area contributed by atoms with E-state index in [-0.39, 0.29) is 23.7 Å². The molecular weight excluding hydrogens is 1150 g/mol. The Balaban J connectivity index is 0.000000205. The van der Waals surface area contributed by atoms with Gasteiger partial charge in [-0.25, -0.2) is 4.39 Å². The zero-order valence-electron chi connectivity index (χ0n) is 36.1. The van der Waals surface area contributed by atoms with E-state index in [0.717, 1.165) is 62.3 Å². The topological polar surface area (TPSA) is 115 Å². The quantitative estimate of drug-likeness (QED) is 0.0634. The molecule has 342 valence electrons. The van der Waals surface area contributed by atoms with E-state index in [9.17, 15) is 31.9 Å². The first-order chi connectivity index (χ1) is 28.8. The summed E-state index contributed by atoms with van der Waals surface area (Å²) in [6.45, 7) is 15.5. The zero-order chi connectivity index (χ0) is 46.0. The summed E-state index contributed by atoms with van der Waals surface area (Å²) in [5, 5.41) is 9.78. The van der Waals surface area contributed by atoms with Gasteiger partial charge in [0.1, 0.15) is 32.9 Å². The summed E-state index contributed by atoms with van der Waals surface area (Å²) in [5.41, 5.74) is -0.0915. The monoisotopic (exact) mass is 1210 g/mol. The molecule has 0 aliphatic carbocycles. The maximum atomic E-state index is 13.1. The largest absolute Gasteiger partial charge is 0.453 e. The van der Waals surface area contributed by atoms with E-state index in [1.54, 1.807) is 26.0 Å². The van der Waals surface area contributed by atoms with Gasteiger partial charge in [-0.15, -0.1) is 0 Å². The third-order valence-corrected chi connectivity index (χ3v) is 12.3. The molecular formula is C46H58F4I3N3O6. The minimum atomic E-state index is -4.37. The van der Waals surface area contributed by atoms with Crippen molar-refractivity contribution in [2.24, 2.45) is 0 Å². The Bertz CT molecular complexity index is 1910. The van der Waals surface area contributed by atoms with Crippen LogP contribution in [0.5, 0.6) is 0 Å². The lowest BCUT2D eigenvalue weighted by atomic mass is 9.84. The van der Waals surface area contributed by atoms with Gasteiger partial charge in [0.25, 0.3) is 0 Å². The molecule has 0 radical (unpaired) electrons. The molecule has 3 aromatic rings. The van der Waals surface area contributed by atoms with Gasteiger partial charge in [0.05, 0.1) is 5.56 Å². The molecule has 3 heterocycles. The van der Waals surface area contributed by atoms with Crippen LogP contribution >= 0.6 is 67.8 Å². The van der Waals surface area contributed by atoms with Gasteiger partial charge in [-0.3, -0.25) is 14.4 Å². The first kappa shape index (κ1) is 52.5. The summed E-state index contributed by atoms with van der Waals surface area (Å²) in [6, 6.07) is 21.3. The van der Waals surface area contributed by atoms with Crippen molar-refractivity contribution in [2.45, 2.75) is 113 Å². The molecule has 3 aliphatic heterocycles. The van der Waals surface area contributed by atoms with Crippen molar-refractivity contribution in [2.75, 3.05) is 39.3 Å². The van der Waals surface area contributed by atoms with Gasteiger partial charge >= 0.3 is 24.1 Å². The standard InChI is InChI=1S/C16H19F3INO2.C15H19FINO2.C15H20INO2/c1-14(2,20)13(22)23-15(7-9-21-10-8-15)11-3-5-12(6-4-11)16(17,18)19;1-14(2,17)13(19)20-15(7-9-18-10-8-15)11-3-5-12(16)6-4-11;1-14(2,16)13(18)19-15(8-10-17-11-9-15)12-6-4-3-5-7-12/h3-6,21H,7-10H2,1-2H3;3-6,18H,7-10H2,1-2H3;3-7,17H,8-11H2,1-2H3. The van der Waals surface area contributed by atoms with Crippen LogP contribution in [0.1, 0.15) is 102 Å². The lowest BCUT2D eigenvalue weighted by molar-refractivity contribution is -0.166. The fraction of sp³-hybridized carbons (Fsp3) is 0.543. The Morgan fingerprint density at radius 2 is 0.758 bits per heavy atom. The van der Waals surface area contributed by atoms with E-state index >= 15 is 0 Å². The van der Waals surface area contributed by atoms with Gasteiger partial charge in [-0.05, 0) is 122 Å². The molecule has 0 atom stereocenters. The minimum Gasteiger partial charge on any atom is -0.453 e. The first-order valence-electron chi connectivity index (χ1n) is 20.7. The fourth-order valence-corrected chi connectivity index (χ4v) is 7.53. The molecule has 62 heavy (non-hydrogen) atoms. The number of halogens is 7. The predicted molar refractivity (Wildman–Crippen MR) is 258 cm³/mol. The van der Waals surface area contributed by atoms with Gasteiger partial charge in [0, 0.05) is 38.5 Å². The van der Waals surface area contributed by atoms with Crippen LogP contribution in [-0.2, 0) is 51.6 Å². The van der Waals surface area contributed by atoms with Crippen LogP contribution in [0.3, 0.4) is 0 Å². The van der Waals surface area contributed by atoms with Crippen molar-refractivity contribution in [3.63, 3.8) is 0 Å². The molecule has 6 rings (SSSR count). The molecule has 9 nitrogen and oxygen atoms in total. The Labute approximate surface area is 404 Å². The average Bonchev–Trinajstić information content (AvgIpc) is 3.21. The smallest absolute Gasteiger partial charge is 0.416 e. The maximum absolute atomic E-state index is 13.1. The third kappa shape index (κ3) is 14.7. The molecule has 3 aliphatic rings. The van der Waals surface area contributed by atoms with Crippen molar-refractivity contribution in [3.8, 4) is 0 Å². The lowest BCUT2D eigenvalue weighted by Gasteiger charge is -2.39. The van der Waals surface area contributed by atoms with Crippen molar-refractivity contribution < 1.29 is 46.2 Å². The van der Waals surface area contributed by atoms with Crippen molar-refractivity contribution in [3.05, 3.63) is 107 Å². The van der Waals surface area contributed by atoms with Crippen molar-refractivity contribution in [1.82, 2.24) is 16.0 Å². The molecule has 3 aromatic carbocycles. The van der Waals surface area contributed by atoms with Gasteiger partial charge < -0.3 is 30.2 Å². The van der Waals surface area contributed by atoms with Crippen molar-refractivity contribution >= 4 is 85.7 Å². The van der Waals surface area contributed by atoms with Crippen LogP contribution < -0.4 is 16.0 Å². The predicted octanol–water partition coefficient (Wildman–Crippen LogP) is 10.2. The summed E-state index contributed by atoms with van der Waals surface area (Å²) in [5.74, 6) is -1.01. The number of hydrogen-bond acceptors (Lipinski definition) is 9. The minimum absolute atomic E-state index is 0.140. The van der Waals surface area contributed by atoms with Gasteiger partial charge in [-0.2, -0.15) is 13.2 Å². The number of alkyl halides is 6. The van der Waals surface area contributed by atoms with Crippen LogP contribution in [0.2, 0.25) is 0 Å². The zero-order valence-corrected chi connectivity index (χ0v) is 42.6. The Kier molecular flexibility index (Phi) is 18.5. The van der Waals surface area contributed by atoms with E-state index in [1.807, 2.05) is 68.5 Å². The highest BCUT2D eigenvalue weighted by Crippen LogP contribution is 2.41. The number of rotatable bonds is 9. The highest BCUT2D eigenvalue weighted by atomic mass is 127. The van der Waals surface area contributed by atoms with Crippen LogP contribution in [0, 0.1) is 5.82 Å². The highest BCUT2D eigenvalue weighted by Gasteiger charge is 2.44. The molecule has 0 saturated carbocycles. The second-order valence-corrected chi connectivity index (χ2v) is 25.4. The van der Waals surface area contributed by atoms with Gasteiger partial charge in [-0.1, -0.05) is 122 Å². The third-order valence-electron chi connectivity index (χ3n) is 11.0. The molecule has 3 N–H and O–H groups in total. The second kappa shape index (κ2) is 21.9. The summed E-state index contributed by atoms with van der Waals surface area (Å²) in [7, 11) is 0. The number of ether oxygens (including phenoxy) is 3. The SMILES string of the molecule is CC(C)(I)C(=O)OC1(c2ccc(C(F)(F)F)cc2)CCNCC1.CC(C)(I)C(=O)OC1(c2ccc(F)cc2)CCNCC1.CC(C)(I)C(=O)OC1(c2ccccc2)CCNCC1. The van der Waals surface area contributed by atoms with Crippen LogP contribution in [0.25, 0.3) is 0 Å². The van der Waals surface area contributed by atoms with E-state index in [1.165, 1.54) is 24.3 Å². The molecule has 0 spiro atoms. The second-order valence-electron chi connectivity index (χ2n) is 17.3. The molecule has 3 saturated heterocycles. The molecule has 0 aromatic heterocycles. The summed E-state index contributed by atoms with van der Waals surface area (Å²) < 4.78 is 67.1. The normalized spacial score (nSPS) is 18.7. The Morgan fingerprint density at radius 1 is 0.484 bits per heavy atom. The van der Waals surface area contributed by atoms with Crippen LogP contribution in [0.4, 0.5) is 17.6 Å².